The average Bonchev–Trinajstić information content (AvgIpc) is 0.817. The number of allylic oxidation sites excluding steroid dienone is 1. The molecule has 0 radical (unpaired) electrons. The van der Waals surface area contributed by atoms with Crippen molar-refractivity contribution in [3.63, 3.8) is 0 Å². The zero-order chi connectivity index (χ0) is 72.9. The number of hydrogen-bond acceptors (Lipinski definition) is 15. The SMILES string of the molecule is C=CCCC(O)C[C@@H](C)C[C@H]1C(=O)N[C@@H](CC)C(=O)N(C)[C@H](SCCN(C)C)C(=O)N(C)[C@@H](CC(C)(C)O)C(=O)NC(C(C)C)C(=O)N(C)[C@@H](CC(C)C)C(=O)N[C@@H](C)C(=O)N[C@H](C)C(=O)N(C)[C@@H](CC(C)C)C(=O)N(C)[C@@H](CC(C)C)C(=O)N(C)C(C(C)C)C(=O)N1C. The summed E-state index contributed by atoms with van der Waals surface area (Å²) in [4.78, 5) is 174. The Morgan fingerprint density at radius 1 is 0.532 bits per heavy atom. The number of aliphatic hydroxyl groups is 2. The number of carbonyl (C=O) groups excluding carboxylic acids is 11. The highest BCUT2D eigenvalue weighted by Crippen LogP contribution is 2.28. The maximum absolute atomic E-state index is 15.4. The average molecular weight is 1350 g/mol. The van der Waals surface area contributed by atoms with Crippen LogP contribution in [-0.4, -0.2) is 268 Å². The van der Waals surface area contributed by atoms with Crippen molar-refractivity contribution in [2.75, 3.05) is 75.7 Å². The molecule has 1 aliphatic heterocycles. The molecule has 3 unspecified atom stereocenters. The smallest absolute Gasteiger partial charge is 0.256 e. The second-order valence-corrected chi connectivity index (χ2v) is 30.3. The van der Waals surface area contributed by atoms with Crippen molar-refractivity contribution in [3.05, 3.63) is 12.7 Å². The van der Waals surface area contributed by atoms with Crippen LogP contribution in [0.3, 0.4) is 0 Å². The third-order valence-electron chi connectivity index (χ3n) is 17.4. The Balaban J connectivity index is 4.55. The minimum atomic E-state index is -1.58. The minimum absolute atomic E-state index is 0.00419. The molecule has 0 spiro atoms. The van der Waals surface area contributed by atoms with Crippen LogP contribution in [0.25, 0.3) is 0 Å². The Morgan fingerprint density at radius 2 is 0.968 bits per heavy atom. The zero-order valence-corrected chi connectivity index (χ0v) is 62.6. The van der Waals surface area contributed by atoms with Gasteiger partial charge in [0, 0.05) is 68.1 Å². The monoisotopic (exact) mass is 1350 g/mol. The topological polar surface area (TPSA) is 302 Å². The Labute approximate surface area is 567 Å². The standard InChI is InChI=1S/C68H124N12O13S/c1-27-29-30-47(81)36-44(13)37-50-58(84)71-48(28-2)61(87)80(26)67(94-32-31-73(18)19)66(92)78(24)53(38-68(16,17)93)59(85)72-54(42(9)10)64(90)74(20)49(33-39(3)4)57(83)69-45(14)56(82)70-46(15)60(86)76(22)51(34-40(5)6)62(88)77(23)52(35-41(7)8)63(89)79(25)55(43(11)12)65(91)75(50)21/h27,39-55,67,81,93H,1,28-38H2,2-26H3,(H,69,83)(H,70,82)(H,71,84)(H,72,85)/t44-,45+,46-,47?,48+,49+,50+,51+,52+,53+,54?,55?,67-/m1/s1. The number of nitrogens with one attached hydrogen (secondary N) is 4. The number of rotatable bonds is 22. The summed E-state index contributed by atoms with van der Waals surface area (Å²) in [6, 6.07) is -12.5. The summed E-state index contributed by atoms with van der Waals surface area (Å²) in [6.07, 6.45) is 2.19. The van der Waals surface area contributed by atoms with Gasteiger partial charge in [0.25, 0.3) is 5.91 Å². The first kappa shape index (κ1) is 86.2. The summed E-state index contributed by atoms with van der Waals surface area (Å²) in [5.74, 6) is -9.27. The molecule has 540 valence electrons. The molecule has 0 aromatic carbocycles. The van der Waals surface area contributed by atoms with E-state index < -0.39 is 154 Å². The molecule has 11 amide bonds. The van der Waals surface area contributed by atoms with Crippen LogP contribution in [0.2, 0.25) is 0 Å². The van der Waals surface area contributed by atoms with Gasteiger partial charge < -0.3 is 70.7 Å². The maximum Gasteiger partial charge on any atom is 0.256 e. The molecule has 0 aliphatic carbocycles. The van der Waals surface area contributed by atoms with Gasteiger partial charge in [-0.05, 0) is 129 Å². The summed E-state index contributed by atoms with van der Waals surface area (Å²) in [6.45, 7) is 31.6. The molecule has 26 heteroatoms. The van der Waals surface area contributed by atoms with E-state index in [0.29, 0.717) is 25.1 Å². The zero-order valence-electron chi connectivity index (χ0n) is 61.8. The van der Waals surface area contributed by atoms with Crippen LogP contribution in [0.1, 0.15) is 169 Å². The lowest BCUT2D eigenvalue weighted by Crippen LogP contribution is -2.62. The summed E-state index contributed by atoms with van der Waals surface area (Å²) in [5, 5.41) is 32.2. The third-order valence-corrected chi connectivity index (χ3v) is 18.7. The molecule has 0 bridgehead atoms. The quantitative estimate of drug-likeness (QED) is 0.0841. The second kappa shape index (κ2) is 39.4. The van der Waals surface area contributed by atoms with Crippen LogP contribution in [0.15, 0.2) is 12.7 Å². The van der Waals surface area contributed by atoms with Gasteiger partial charge >= 0.3 is 0 Å². The van der Waals surface area contributed by atoms with Gasteiger partial charge in [-0.1, -0.05) is 89.2 Å². The third kappa shape index (κ3) is 25.9. The fourth-order valence-corrected chi connectivity index (χ4v) is 13.0. The highest BCUT2D eigenvalue weighted by atomic mass is 32.2. The Hall–Kier alpha value is -5.86. The predicted octanol–water partition coefficient (Wildman–Crippen LogP) is 3.79. The molecule has 0 saturated carbocycles. The largest absolute Gasteiger partial charge is 0.393 e. The Morgan fingerprint density at radius 3 is 1.44 bits per heavy atom. The van der Waals surface area contributed by atoms with Crippen molar-refractivity contribution in [2.45, 2.75) is 246 Å². The van der Waals surface area contributed by atoms with E-state index in [1.165, 1.54) is 106 Å². The van der Waals surface area contributed by atoms with E-state index in [2.05, 4.69) is 27.8 Å². The van der Waals surface area contributed by atoms with Gasteiger partial charge in [-0.15, -0.1) is 18.3 Å². The van der Waals surface area contributed by atoms with Crippen molar-refractivity contribution in [3.8, 4) is 0 Å². The van der Waals surface area contributed by atoms with Crippen LogP contribution in [0, 0.1) is 35.5 Å². The molecule has 6 N–H and O–H groups in total. The van der Waals surface area contributed by atoms with Crippen molar-refractivity contribution < 1.29 is 63.0 Å². The van der Waals surface area contributed by atoms with E-state index in [9.17, 15) is 34.2 Å². The lowest BCUT2D eigenvalue weighted by Gasteiger charge is -2.41. The van der Waals surface area contributed by atoms with Gasteiger partial charge in [0.1, 0.15) is 60.4 Å². The summed E-state index contributed by atoms with van der Waals surface area (Å²) in [5.41, 5.74) is -1.58. The summed E-state index contributed by atoms with van der Waals surface area (Å²) >= 11 is 1.11. The first-order valence-electron chi connectivity index (χ1n) is 33.7. The van der Waals surface area contributed by atoms with E-state index in [1.807, 2.05) is 67.5 Å². The summed E-state index contributed by atoms with van der Waals surface area (Å²) in [7, 11) is 13.7. The van der Waals surface area contributed by atoms with Crippen molar-refractivity contribution in [2.24, 2.45) is 35.5 Å². The van der Waals surface area contributed by atoms with E-state index in [-0.39, 0.29) is 68.6 Å². The van der Waals surface area contributed by atoms with Gasteiger partial charge in [0.2, 0.25) is 59.1 Å². The van der Waals surface area contributed by atoms with E-state index >= 15 is 28.8 Å². The van der Waals surface area contributed by atoms with Gasteiger partial charge in [-0.25, -0.2) is 0 Å². The van der Waals surface area contributed by atoms with E-state index in [0.717, 1.165) is 16.7 Å². The van der Waals surface area contributed by atoms with E-state index in [4.69, 9.17) is 0 Å². The Bertz CT molecular complexity index is 2550. The molecule has 0 aromatic rings. The molecule has 1 saturated heterocycles. The first-order chi connectivity index (χ1) is 43.3. The fourth-order valence-electron chi connectivity index (χ4n) is 11.7. The first-order valence-corrected chi connectivity index (χ1v) is 34.7. The predicted molar refractivity (Wildman–Crippen MR) is 369 cm³/mol. The normalized spacial score (nSPS) is 26.3. The molecule has 94 heavy (non-hydrogen) atoms. The highest BCUT2D eigenvalue weighted by Gasteiger charge is 2.46. The molecular weight excluding hydrogens is 1220 g/mol. The highest BCUT2D eigenvalue weighted by molar-refractivity contribution is 8.00. The Kier molecular flexibility index (Phi) is 36.1. The number of thioether (sulfide) groups is 1. The number of nitrogens with zero attached hydrogens (tertiary/aromatic N) is 8. The molecule has 1 heterocycles. The number of carbonyl (C=O) groups is 11. The van der Waals surface area contributed by atoms with Crippen LogP contribution >= 0.6 is 11.8 Å². The van der Waals surface area contributed by atoms with E-state index in [1.54, 1.807) is 40.7 Å². The number of hydrogen-bond donors (Lipinski definition) is 6. The second-order valence-electron chi connectivity index (χ2n) is 29.1. The van der Waals surface area contributed by atoms with Crippen LogP contribution in [-0.2, 0) is 52.7 Å². The molecule has 25 nitrogen and oxygen atoms in total. The molecular formula is C68H124N12O13S. The molecule has 1 fully saturated rings. The lowest BCUT2D eigenvalue weighted by atomic mass is 9.91. The molecule has 1 aliphatic rings. The van der Waals surface area contributed by atoms with Crippen LogP contribution in [0.4, 0.5) is 0 Å². The number of likely N-dealkylation sites (N-methyl/N-ethyl adjacent to an activating group) is 7. The van der Waals surface area contributed by atoms with Crippen molar-refractivity contribution in [1.82, 2.24) is 60.5 Å². The van der Waals surface area contributed by atoms with Gasteiger partial charge in [0.05, 0.1) is 11.7 Å². The fraction of sp³-hybridized carbons (Fsp3) is 0.809. The lowest BCUT2D eigenvalue weighted by molar-refractivity contribution is -0.156. The molecule has 13 atom stereocenters. The number of amides is 11. The van der Waals surface area contributed by atoms with Crippen molar-refractivity contribution >= 4 is 76.7 Å². The maximum atomic E-state index is 15.4. The van der Waals surface area contributed by atoms with Gasteiger partial charge in [0.15, 0.2) is 5.37 Å². The van der Waals surface area contributed by atoms with Gasteiger partial charge in [-0.3, -0.25) is 52.7 Å². The number of aliphatic hydroxyl groups excluding tert-OH is 1. The van der Waals surface area contributed by atoms with Gasteiger partial charge in [-0.2, -0.15) is 0 Å². The van der Waals surface area contributed by atoms with Crippen LogP contribution in [0.5, 0.6) is 0 Å². The van der Waals surface area contributed by atoms with Crippen molar-refractivity contribution in [1.29, 1.82) is 0 Å². The molecule has 0 aromatic heterocycles. The minimum Gasteiger partial charge on any atom is -0.393 e. The molecule has 1 rings (SSSR count). The summed E-state index contributed by atoms with van der Waals surface area (Å²) < 4.78 is 0. The van der Waals surface area contributed by atoms with Crippen LogP contribution < -0.4 is 21.3 Å².